The molecule has 0 aromatic heterocycles. The van der Waals surface area contributed by atoms with Gasteiger partial charge in [-0.05, 0) is 31.0 Å². The fraction of sp³-hybridized carbons (Fsp3) is 0.429. The molecule has 3 amide bonds. The van der Waals surface area contributed by atoms with E-state index in [1.54, 1.807) is 18.2 Å². The molecule has 1 N–H and O–H groups in total. The second-order valence-electron chi connectivity index (χ2n) is 4.80. The Morgan fingerprint density at radius 2 is 2.16 bits per heavy atom. The molecule has 1 aliphatic rings. The third-order valence-corrected chi connectivity index (χ3v) is 3.66. The van der Waals surface area contributed by atoms with Crippen LogP contribution in [0, 0.1) is 6.92 Å². The maximum absolute atomic E-state index is 12.1. The molecule has 4 nitrogen and oxygen atoms in total. The molecule has 1 unspecified atom stereocenters. The molecule has 0 saturated carbocycles. The second-order valence-corrected chi connectivity index (χ2v) is 5.21. The third-order valence-electron chi connectivity index (χ3n) is 3.25. The highest BCUT2D eigenvalue weighted by molar-refractivity contribution is 6.32. The van der Waals surface area contributed by atoms with Crippen LogP contribution in [-0.4, -0.2) is 18.0 Å². The molecule has 1 heterocycles. The van der Waals surface area contributed by atoms with Crippen molar-refractivity contribution in [2.24, 2.45) is 0 Å². The molecule has 1 aromatic carbocycles. The van der Waals surface area contributed by atoms with Gasteiger partial charge in [0.15, 0.2) is 0 Å². The number of hydrogen-bond donors (Lipinski definition) is 1. The van der Waals surface area contributed by atoms with Crippen molar-refractivity contribution >= 4 is 29.2 Å². The first-order chi connectivity index (χ1) is 9.02. The summed E-state index contributed by atoms with van der Waals surface area (Å²) in [5, 5.41) is 3.40. The van der Waals surface area contributed by atoms with Crippen LogP contribution in [0.25, 0.3) is 0 Å². The Bertz CT molecular complexity index is 498. The van der Waals surface area contributed by atoms with Crippen LogP contribution in [0.4, 0.5) is 10.5 Å². The van der Waals surface area contributed by atoms with E-state index >= 15 is 0 Å². The van der Waals surface area contributed by atoms with E-state index in [4.69, 9.17) is 11.6 Å². The number of halogens is 1. The predicted octanol–water partition coefficient (Wildman–Crippen LogP) is 3.26. The largest absolute Gasteiger partial charge is 0.334 e. The summed E-state index contributed by atoms with van der Waals surface area (Å²) in [5.74, 6) is -0.179. The van der Waals surface area contributed by atoms with Gasteiger partial charge in [0.1, 0.15) is 0 Å². The number of carbonyl (C=O) groups is 2. The van der Waals surface area contributed by atoms with Crippen molar-refractivity contribution in [3.05, 3.63) is 28.8 Å². The van der Waals surface area contributed by atoms with Gasteiger partial charge < -0.3 is 5.32 Å². The number of amides is 3. The van der Waals surface area contributed by atoms with Gasteiger partial charge in [-0.2, -0.15) is 0 Å². The number of carbonyl (C=O) groups excluding carboxylic acids is 2. The number of hydrogen-bond acceptors (Lipinski definition) is 2. The van der Waals surface area contributed by atoms with Gasteiger partial charge in [-0.25, -0.2) is 9.69 Å². The second kappa shape index (κ2) is 5.61. The Hall–Kier alpha value is -1.55. The summed E-state index contributed by atoms with van der Waals surface area (Å²) in [4.78, 5) is 25.3. The minimum atomic E-state index is -0.366. The lowest BCUT2D eigenvalue weighted by Gasteiger charge is -2.31. The zero-order valence-corrected chi connectivity index (χ0v) is 11.8. The molecular weight excluding hydrogens is 264 g/mol. The van der Waals surface area contributed by atoms with Crippen LogP contribution in [0.15, 0.2) is 18.2 Å². The quantitative estimate of drug-likeness (QED) is 0.924. The fourth-order valence-electron chi connectivity index (χ4n) is 2.21. The van der Waals surface area contributed by atoms with Crippen molar-refractivity contribution in [2.45, 2.75) is 39.2 Å². The zero-order valence-electron chi connectivity index (χ0n) is 11.1. The number of nitrogens with one attached hydrogen (secondary N) is 1. The normalized spacial score (nSPS) is 19.5. The minimum Gasteiger partial charge on any atom is -0.334 e. The molecule has 1 atom stereocenters. The molecule has 1 saturated heterocycles. The SMILES string of the molecule is CCCC1CC(=O)N(c2ccc(C)c(Cl)c2)C(=O)N1. The Balaban J connectivity index is 2.23. The van der Waals surface area contributed by atoms with E-state index < -0.39 is 0 Å². The molecule has 0 radical (unpaired) electrons. The first-order valence-corrected chi connectivity index (χ1v) is 6.80. The number of imide groups is 1. The summed E-state index contributed by atoms with van der Waals surface area (Å²) in [6.45, 7) is 3.91. The van der Waals surface area contributed by atoms with Crippen molar-refractivity contribution in [3.63, 3.8) is 0 Å². The van der Waals surface area contributed by atoms with Crippen LogP contribution in [0.3, 0.4) is 0 Å². The minimum absolute atomic E-state index is 0.0535. The van der Waals surface area contributed by atoms with Crippen LogP contribution in [0.2, 0.25) is 5.02 Å². The molecule has 2 rings (SSSR count). The van der Waals surface area contributed by atoms with E-state index in [2.05, 4.69) is 5.32 Å². The lowest BCUT2D eigenvalue weighted by molar-refractivity contribution is -0.119. The van der Waals surface area contributed by atoms with Gasteiger partial charge in [-0.3, -0.25) is 4.79 Å². The third kappa shape index (κ3) is 2.89. The molecule has 1 aliphatic heterocycles. The van der Waals surface area contributed by atoms with Gasteiger partial charge in [0.2, 0.25) is 5.91 Å². The highest BCUT2D eigenvalue weighted by Gasteiger charge is 2.32. The summed E-state index contributed by atoms with van der Waals surface area (Å²) in [6.07, 6.45) is 2.10. The maximum atomic E-state index is 12.1. The molecule has 0 bridgehead atoms. The average Bonchev–Trinajstić information content (AvgIpc) is 2.33. The van der Waals surface area contributed by atoms with E-state index in [-0.39, 0.29) is 18.0 Å². The molecule has 0 spiro atoms. The summed E-state index contributed by atoms with van der Waals surface area (Å²) >= 11 is 6.04. The van der Waals surface area contributed by atoms with E-state index in [0.717, 1.165) is 23.3 Å². The Morgan fingerprint density at radius 1 is 1.42 bits per heavy atom. The summed E-state index contributed by atoms with van der Waals surface area (Å²) in [7, 11) is 0. The van der Waals surface area contributed by atoms with Gasteiger partial charge in [0, 0.05) is 17.5 Å². The highest BCUT2D eigenvalue weighted by atomic mass is 35.5. The lowest BCUT2D eigenvalue weighted by atomic mass is 10.1. The van der Waals surface area contributed by atoms with Crippen molar-refractivity contribution in [2.75, 3.05) is 4.90 Å². The Kier molecular flexibility index (Phi) is 4.10. The van der Waals surface area contributed by atoms with Gasteiger partial charge in [0.05, 0.1) is 5.69 Å². The fourth-order valence-corrected chi connectivity index (χ4v) is 2.39. The molecule has 5 heteroatoms. The topological polar surface area (TPSA) is 49.4 Å². The van der Waals surface area contributed by atoms with E-state index in [1.807, 2.05) is 13.8 Å². The maximum Gasteiger partial charge on any atom is 0.328 e. The van der Waals surface area contributed by atoms with Crippen LogP contribution in [-0.2, 0) is 4.79 Å². The molecule has 1 fully saturated rings. The monoisotopic (exact) mass is 280 g/mol. The van der Waals surface area contributed by atoms with E-state index in [9.17, 15) is 9.59 Å². The van der Waals surface area contributed by atoms with Crippen LogP contribution in [0.1, 0.15) is 31.7 Å². The van der Waals surface area contributed by atoms with Crippen LogP contribution < -0.4 is 10.2 Å². The van der Waals surface area contributed by atoms with Crippen molar-refractivity contribution in [1.82, 2.24) is 5.32 Å². The lowest BCUT2D eigenvalue weighted by Crippen LogP contribution is -2.54. The number of nitrogens with zero attached hydrogens (tertiary/aromatic N) is 1. The van der Waals surface area contributed by atoms with Crippen LogP contribution >= 0.6 is 11.6 Å². The predicted molar refractivity (Wildman–Crippen MR) is 75.5 cm³/mol. The van der Waals surface area contributed by atoms with Crippen molar-refractivity contribution in [1.29, 1.82) is 0 Å². The first kappa shape index (κ1) is 13.9. The number of benzene rings is 1. The number of urea groups is 1. The Morgan fingerprint density at radius 3 is 2.74 bits per heavy atom. The molecule has 102 valence electrons. The number of aryl methyl sites for hydroxylation is 1. The Labute approximate surface area is 117 Å². The summed E-state index contributed by atoms with van der Waals surface area (Å²) < 4.78 is 0. The van der Waals surface area contributed by atoms with Gasteiger partial charge in [0.25, 0.3) is 0 Å². The summed E-state index contributed by atoms with van der Waals surface area (Å²) in [5.41, 5.74) is 1.44. The van der Waals surface area contributed by atoms with E-state index in [0.29, 0.717) is 17.1 Å². The average molecular weight is 281 g/mol. The van der Waals surface area contributed by atoms with Crippen molar-refractivity contribution < 1.29 is 9.59 Å². The molecule has 1 aromatic rings. The number of anilines is 1. The van der Waals surface area contributed by atoms with Gasteiger partial charge >= 0.3 is 6.03 Å². The highest BCUT2D eigenvalue weighted by Crippen LogP contribution is 2.26. The van der Waals surface area contributed by atoms with Crippen LogP contribution in [0.5, 0.6) is 0 Å². The van der Waals surface area contributed by atoms with Gasteiger partial charge in [-0.15, -0.1) is 0 Å². The van der Waals surface area contributed by atoms with Gasteiger partial charge in [-0.1, -0.05) is 31.0 Å². The molecular formula is C14H17ClN2O2. The standard InChI is InChI=1S/C14H17ClN2O2/c1-3-4-10-7-13(18)17(14(19)16-10)11-6-5-9(2)12(15)8-11/h5-6,8,10H,3-4,7H2,1-2H3,(H,16,19). The first-order valence-electron chi connectivity index (χ1n) is 6.42. The molecule has 0 aliphatic carbocycles. The van der Waals surface area contributed by atoms with E-state index in [1.165, 1.54) is 0 Å². The molecule has 19 heavy (non-hydrogen) atoms. The summed E-state index contributed by atoms with van der Waals surface area (Å²) in [6, 6.07) is 4.76. The number of rotatable bonds is 3. The zero-order chi connectivity index (χ0) is 14.0. The van der Waals surface area contributed by atoms with Crippen molar-refractivity contribution in [3.8, 4) is 0 Å². The smallest absolute Gasteiger partial charge is 0.328 e.